The van der Waals surface area contributed by atoms with Crippen LogP contribution in [0.15, 0.2) is 42.7 Å². The number of hydrogen-bond donors (Lipinski definition) is 3. The van der Waals surface area contributed by atoms with Gasteiger partial charge in [0, 0.05) is 29.7 Å². The Hall–Kier alpha value is -3.09. The number of benzene rings is 1. The van der Waals surface area contributed by atoms with Crippen LogP contribution >= 0.6 is 0 Å². The number of nitrogens with zero attached hydrogens (tertiary/aromatic N) is 1. The molecule has 34 heavy (non-hydrogen) atoms. The summed E-state index contributed by atoms with van der Waals surface area (Å²) in [4.78, 5) is 27.0. The topological polar surface area (TPSA) is 114 Å². The maximum atomic E-state index is 14.0. The summed E-state index contributed by atoms with van der Waals surface area (Å²) in [5, 5.41) is 34.8. The summed E-state index contributed by atoms with van der Waals surface area (Å²) < 4.78 is 0.598. The number of hydrogen-bond acceptors (Lipinski definition) is 5. The van der Waals surface area contributed by atoms with Gasteiger partial charge in [0.05, 0.1) is 0 Å². The zero-order valence-electron chi connectivity index (χ0n) is 20.2. The molecule has 0 bridgehead atoms. The number of aromatic nitrogens is 1. The van der Waals surface area contributed by atoms with Crippen LogP contribution in [0.25, 0.3) is 0 Å². The van der Waals surface area contributed by atoms with Gasteiger partial charge in [0.1, 0.15) is 17.1 Å². The van der Waals surface area contributed by atoms with Gasteiger partial charge >= 0.3 is 0 Å². The van der Waals surface area contributed by atoms with Gasteiger partial charge in [-0.15, -0.1) is 0 Å². The fourth-order valence-corrected chi connectivity index (χ4v) is 6.91. The number of amides is 1. The average molecular weight is 467 g/mol. The first-order valence-corrected chi connectivity index (χ1v) is 12.0. The number of pyridine rings is 1. The van der Waals surface area contributed by atoms with Crippen LogP contribution < -0.4 is 10.0 Å². The van der Waals surface area contributed by atoms with E-state index < -0.39 is 5.92 Å². The van der Waals surface area contributed by atoms with Crippen LogP contribution in [0.4, 0.5) is 0 Å². The molecule has 5 atom stereocenters. The van der Waals surface area contributed by atoms with Crippen molar-refractivity contribution in [2.45, 2.75) is 59.4 Å². The first-order valence-electron chi connectivity index (χ1n) is 12.0. The number of Topliss-reactive ketones (excluding diaryl/α,β-unsaturated/α-hetero) is 1. The average Bonchev–Trinajstić information content (AvgIpc) is 2.74. The normalized spacial score (nSPS) is 30.2. The quantitative estimate of drug-likeness (QED) is 0.355. The fourth-order valence-electron chi connectivity index (χ4n) is 6.91. The second-order valence-corrected chi connectivity index (χ2v) is 11.1. The molecule has 2 aliphatic carbocycles. The summed E-state index contributed by atoms with van der Waals surface area (Å²) >= 11 is 0. The van der Waals surface area contributed by atoms with Gasteiger partial charge in [0.2, 0.25) is 0 Å². The Labute approximate surface area is 200 Å². The van der Waals surface area contributed by atoms with E-state index in [4.69, 9.17) is 0 Å². The summed E-state index contributed by atoms with van der Waals surface area (Å²) in [5.74, 6) is -1.16. The number of rotatable bonds is 4. The lowest BCUT2D eigenvalue weighted by Gasteiger charge is -2.60. The lowest BCUT2D eigenvalue weighted by atomic mass is 9.45. The monoisotopic (exact) mass is 466 g/mol. The Kier molecular flexibility index (Phi) is 6.08. The molecule has 0 aliphatic heterocycles. The molecule has 1 amide bonds. The molecule has 1 heterocycles. The smallest absolute Gasteiger partial charge is 0.257 e. The molecule has 2 fully saturated rings. The molecule has 3 N–H and O–H groups in total. The molecule has 2 aliphatic rings. The number of carbonyl (C=O) groups excluding carboxylic acids is 2. The van der Waals surface area contributed by atoms with E-state index in [1.807, 2.05) is 6.92 Å². The minimum atomic E-state index is -0.405. The lowest BCUT2D eigenvalue weighted by molar-refractivity contribution is -0.605. The van der Waals surface area contributed by atoms with Crippen LogP contribution in [0.3, 0.4) is 0 Å². The van der Waals surface area contributed by atoms with Crippen LogP contribution in [-0.4, -0.2) is 27.9 Å². The summed E-state index contributed by atoms with van der Waals surface area (Å²) in [6, 6.07) is 6.89. The third kappa shape index (κ3) is 4.24. The minimum Gasteiger partial charge on any atom is -0.619 e. The SMILES string of the molecule is C[C@@H]1[C@H](NC(=O)c2ccc[n+]([O-])c2)C[C@H]2C(C)(C)CCC[C@]2(C)[C@H]1C(=O)c1cc(O)cc(O)c1. The van der Waals surface area contributed by atoms with E-state index in [-0.39, 0.29) is 63.0 Å². The molecule has 2 aromatic rings. The highest BCUT2D eigenvalue weighted by atomic mass is 16.5. The summed E-state index contributed by atoms with van der Waals surface area (Å²) in [7, 11) is 0. The van der Waals surface area contributed by atoms with E-state index in [0.717, 1.165) is 25.7 Å². The Morgan fingerprint density at radius 2 is 1.76 bits per heavy atom. The van der Waals surface area contributed by atoms with Crippen LogP contribution in [0, 0.1) is 33.8 Å². The van der Waals surface area contributed by atoms with Crippen LogP contribution in [0.2, 0.25) is 0 Å². The summed E-state index contributed by atoms with van der Waals surface area (Å²) in [5.41, 5.74) is 0.257. The number of phenolic OH excluding ortho intramolecular Hbond substituents is 2. The summed E-state index contributed by atoms with van der Waals surface area (Å²) in [6.07, 6.45) is 6.29. The number of phenols is 2. The molecular weight excluding hydrogens is 432 g/mol. The van der Waals surface area contributed by atoms with Crippen molar-refractivity contribution in [1.82, 2.24) is 5.32 Å². The second-order valence-electron chi connectivity index (χ2n) is 11.1. The van der Waals surface area contributed by atoms with E-state index in [2.05, 4.69) is 26.1 Å². The Morgan fingerprint density at radius 3 is 2.41 bits per heavy atom. The largest absolute Gasteiger partial charge is 0.619 e. The highest BCUT2D eigenvalue weighted by Crippen LogP contribution is 2.61. The molecule has 182 valence electrons. The van der Waals surface area contributed by atoms with Crippen LogP contribution in [-0.2, 0) is 0 Å². The van der Waals surface area contributed by atoms with E-state index in [1.165, 1.54) is 36.7 Å². The zero-order valence-corrected chi connectivity index (χ0v) is 20.2. The number of ketones is 1. The molecule has 0 saturated heterocycles. The highest BCUT2D eigenvalue weighted by Gasteiger charge is 2.58. The first kappa shape index (κ1) is 24.0. The van der Waals surface area contributed by atoms with Crippen molar-refractivity contribution in [2.75, 3.05) is 0 Å². The Balaban J connectivity index is 1.73. The van der Waals surface area contributed by atoms with Gasteiger partial charge in [-0.3, -0.25) is 9.59 Å². The van der Waals surface area contributed by atoms with Gasteiger partial charge in [-0.05, 0) is 60.1 Å². The summed E-state index contributed by atoms with van der Waals surface area (Å²) in [6.45, 7) is 8.67. The van der Waals surface area contributed by atoms with Crippen LogP contribution in [0.1, 0.15) is 74.1 Å². The van der Waals surface area contributed by atoms with Crippen molar-refractivity contribution in [3.05, 3.63) is 59.1 Å². The van der Waals surface area contributed by atoms with E-state index in [9.17, 15) is 25.0 Å². The fraction of sp³-hybridized carbons (Fsp3) is 0.519. The van der Waals surface area contributed by atoms with Gasteiger partial charge < -0.3 is 20.7 Å². The number of fused-ring (bicyclic) bond motifs is 1. The third-order valence-corrected chi connectivity index (χ3v) is 8.46. The van der Waals surface area contributed by atoms with Crippen molar-refractivity contribution < 1.29 is 24.5 Å². The standard InChI is InChI=1S/C27H34N2O5/c1-16-21(28-25(33)17-7-5-10-29(34)15-17)14-22-26(2,3)8-6-9-27(22,4)23(16)24(32)18-11-19(30)13-20(31)12-18/h5,7,10-13,15-16,21-23,30-31H,6,8-9,14H2,1-4H3,(H,28,33)/t16-,21-,22+,23-,27+/m1/s1. The maximum Gasteiger partial charge on any atom is 0.257 e. The Morgan fingerprint density at radius 1 is 1.09 bits per heavy atom. The lowest BCUT2D eigenvalue weighted by Crippen LogP contribution is -2.60. The molecule has 0 unspecified atom stereocenters. The predicted molar refractivity (Wildman–Crippen MR) is 127 cm³/mol. The molecule has 7 heteroatoms. The predicted octanol–water partition coefficient (Wildman–Crippen LogP) is 4.20. The van der Waals surface area contributed by atoms with Gasteiger partial charge in [-0.2, -0.15) is 4.73 Å². The second kappa shape index (κ2) is 8.60. The number of carbonyl (C=O) groups is 2. The molecule has 0 radical (unpaired) electrons. The molecule has 7 nitrogen and oxygen atoms in total. The van der Waals surface area contributed by atoms with Crippen molar-refractivity contribution >= 4 is 11.7 Å². The van der Waals surface area contributed by atoms with Crippen molar-refractivity contribution in [2.24, 2.45) is 28.6 Å². The van der Waals surface area contributed by atoms with Gasteiger partial charge in [-0.1, -0.05) is 34.1 Å². The molecular formula is C27H34N2O5. The molecule has 4 rings (SSSR count). The molecule has 0 spiro atoms. The van der Waals surface area contributed by atoms with Crippen LogP contribution in [0.5, 0.6) is 11.5 Å². The minimum absolute atomic E-state index is 0.0135. The van der Waals surface area contributed by atoms with Gasteiger partial charge in [0.25, 0.3) is 5.91 Å². The Bertz CT molecular complexity index is 1090. The van der Waals surface area contributed by atoms with E-state index in [0.29, 0.717) is 4.73 Å². The van der Waals surface area contributed by atoms with Crippen molar-refractivity contribution in [3.8, 4) is 11.5 Å². The van der Waals surface area contributed by atoms with Gasteiger partial charge in [-0.25, -0.2) is 0 Å². The van der Waals surface area contributed by atoms with Gasteiger partial charge in [0.15, 0.2) is 18.2 Å². The first-order chi connectivity index (χ1) is 15.9. The molecule has 1 aromatic carbocycles. The van der Waals surface area contributed by atoms with E-state index >= 15 is 0 Å². The third-order valence-electron chi connectivity index (χ3n) is 8.46. The number of nitrogens with one attached hydrogen (secondary N) is 1. The number of aromatic hydroxyl groups is 2. The highest BCUT2D eigenvalue weighted by molar-refractivity contribution is 5.99. The van der Waals surface area contributed by atoms with Crippen molar-refractivity contribution in [3.63, 3.8) is 0 Å². The molecule has 1 aromatic heterocycles. The van der Waals surface area contributed by atoms with Crippen molar-refractivity contribution in [1.29, 1.82) is 0 Å². The molecule has 2 saturated carbocycles. The van der Waals surface area contributed by atoms with E-state index in [1.54, 1.807) is 6.07 Å². The maximum absolute atomic E-state index is 14.0. The zero-order chi connectivity index (χ0) is 24.8.